The number of fused-ring (bicyclic) bond motifs is 2. The molecule has 0 radical (unpaired) electrons. The largest absolute Gasteiger partial charge is 0.466 e. The van der Waals surface area contributed by atoms with E-state index < -0.39 is 5.92 Å². The van der Waals surface area contributed by atoms with Crippen molar-refractivity contribution in [2.45, 2.75) is 19.3 Å². The van der Waals surface area contributed by atoms with E-state index in [4.69, 9.17) is 4.74 Å². The fourth-order valence-electron chi connectivity index (χ4n) is 2.79. The highest BCUT2D eigenvalue weighted by atomic mass is 32.1. The minimum Gasteiger partial charge on any atom is -0.466 e. The van der Waals surface area contributed by atoms with Crippen molar-refractivity contribution >= 4 is 51.5 Å². The Kier molecular flexibility index (Phi) is 4.37. The zero-order chi connectivity index (χ0) is 17.2. The smallest absolute Gasteiger partial charge is 0.313 e. The summed E-state index contributed by atoms with van der Waals surface area (Å²) in [6, 6.07) is 11.6. The van der Waals surface area contributed by atoms with Gasteiger partial charge in [0.1, 0.15) is 22.1 Å². The van der Waals surface area contributed by atoms with Gasteiger partial charge in [-0.3, -0.25) is 4.79 Å². The molecule has 0 aliphatic rings. The van der Waals surface area contributed by atoms with Gasteiger partial charge in [0.15, 0.2) is 0 Å². The van der Waals surface area contributed by atoms with Gasteiger partial charge in [0.25, 0.3) is 0 Å². The lowest BCUT2D eigenvalue weighted by Gasteiger charge is -2.16. The van der Waals surface area contributed by atoms with E-state index in [9.17, 15) is 4.79 Å². The van der Waals surface area contributed by atoms with Crippen molar-refractivity contribution in [3.63, 3.8) is 0 Å². The molecule has 2 heterocycles. The highest BCUT2D eigenvalue weighted by molar-refractivity contribution is 7.00. The summed E-state index contributed by atoms with van der Waals surface area (Å²) in [6.07, 6.45) is 0.537. The predicted octanol–water partition coefficient (Wildman–Crippen LogP) is 3.59. The molecule has 0 spiro atoms. The predicted molar refractivity (Wildman–Crippen MR) is 97.9 cm³/mol. The summed E-state index contributed by atoms with van der Waals surface area (Å²) >= 11 is 2.36. The van der Waals surface area contributed by atoms with Gasteiger partial charge in [-0.25, -0.2) is 0 Å². The van der Waals surface area contributed by atoms with Crippen LogP contribution in [-0.4, -0.2) is 30.1 Å². The van der Waals surface area contributed by atoms with Crippen LogP contribution >= 0.6 is 23.5 Å². The van der Waals surface area contributed by atoms with Crippen LogP contribution in [0, 0.1) is 0 Å². The number of hydrogen-bond acceptors (Lipinski definition) is 8. The Morgan fingerprint density at radius 1 is 0.960 bits per heavy atom. The van der Waals surface area contributed by atoms with E-state index >= 15 is 0 Å². The van der Waals surface area contributed by atoms with Gasteiger partial charge < -0.3 is 4.74 Å². The molecule has 8 heteroatoms. The molecule has 0 fully saturated rings. The molecule has 126 valence electrons. The van der Waals surface area contributed by atoms with Gasteiger partial charge in [-0.2, -0.15) is 17.5 Å². The molecule has 1 unspecified atom stereocenters. The normalized spacial score (nSPS) is 12.5. The third-order valence-corrected chi connectivity index (χ3v) is 5.12. The summed E-state index contributed by atoms with van der Waals surface area (Å²) in [6.45, 7) is 2.17. The average Bonchev–Trinajstić information content (AvgIpc) is 3.27. The van der Waals surface area contributed by atoms with Crippen molar-refractivity contribution in [3.05, 3.63) is 47.5 Å². The minimum atomic E-state index is -0.393. The lowest BCUT2D eigenvalue weighted by molar-refractivity contribution is -0.144. The van der Waals surface area contributed by atoms with Gasteiger partial charge in [-0.15, -0.1) is 0 Å². The first-order valence-electron chi connectivity index (χ1n) is 7.84. The quantitative estimate of drug-likeness (QED) is 0.500. The number of carbonyl (C=O) groups is 1. The Bertz CT molecular complexity index is 1040. The maximum Gasteiger partial charge on any atom is 0.313 e. The number of carbonyl (C=O) groups excluding carboxylic acids is 1. The molecule has 2 aromatic heterocycles. The summed E-state index contributed by atoms with van der Waals surface area (Å²) in [4.78, 5) is 12.6. The second kappa shape index (κ2) is 6.81. The number of ether oxygens (including phenoxy) is 1. The molecule has 0 amide bonds. The molecule has 4 rings (SSSR count). The Morgan fingerprint density at radius 2 is 1.60 bits per heavy atom. The van der Waals surface area contributed by atoms with Gasteiger partial charge in [0, 0.05) is 0 Å². The highest BCUT2D eigenvalue weighted by Gasteiger charge is 2.23. The van der Waals surface area contributed by atoms with Crippen LogP contribution < -0.4 is 0 Å². The van der Waals surface area contributed by atoms with E-state index in [2.05, 4.69) is 17.5 Å². The van der Waals surface area contributed by atoms with Crippen molar-refractivity contribution in [1.29, 1.82) is 0 Å². The van der Waals surface area contributed by atoms with Crippen LogP contribution in [-0.2, 0) is 16.0 Å². The van der Waals surface area contributed by atoms with Crippen LogP contribution in [0.15, 0.2) is 36.4 Å². The van der Waals surface area contributed by atoms with Gasteiger partial charge >= 0.3 is 5.97 Å². The first kappa shape index (κ1) is 16.0. The van der Waals surface area contributed by atoms with Crippen molar-refractivity contribution < 1.29 is 9.53 Å². The Labute approximate surface area is 152 Å². The van der Waals surface area contributed by atoms with Crippen molar-refractivity contribution in [3.8, 4) is 0 Å². The van der Waals surface area contributed by atoms with E-state index in [1.807, 2.05) is 43.3 Å². The molecule has 0 bridgehead atoms. The maximum absolute atomic E-state index is 12.6. The number of benzene rings is 2. The molecule has 2 aromatic carbocycles. The van der Waals surface area contributed by atoms with Crippen LogP contribution in [0.5, 0.6) is 0 Å². The third-order valence-electron chi connectivity index (χ3n) is 4.01. The van der Waals surface area contributed by atoms with Crippen molar-refractivity contribution in [2.75, 3.05) is 6.61 Å². The summed E-state index contributed by atoms with van der Waals surface area (Å²) in [7, 11) is 0. The van der Waals surface area contributed by atoms with E-state index in [0.717, 1.165) is 33.2 Å². The molecule has 0 aliphatic heterocycles. The van der Waals surface area contributed by atoms with Gasteiger partial charge in [-0.1, -0.05) is 12.1 Å². The van der Waals surface area contributed by atoms with E-state index in [-0.39, 0.29) is 5.97 Å². The maximum atomic E-state index is 12.6. The summed E-state index contributed by atoms with van der Waals surface area (Å²) in [5.41, 5.74) is 5.27. The molecule has 0 saturated heterocycles. The van der Waals surface area contributed by atoms with E-state index in [1.165, 1.54) is 23.5 Å². The van der Waals surface area contributed by atoms with Gasteiger partial charge in [0.05, 0.1) is 36.0 Å². The van der Waals surface area contributed by atoms with Crippen LogP contribution in [0.4, 0.5) is 0 Å². The van der Waals surface area contributed by atoms with Crippen LogP contribution in [0.3, 0.4) is 0 Å². The lowest BCUT2D eigenvalue weighted by atomic mass is 9.91. The fourth-order valence-corrected chi connectivity index (χ4v) is 3.82. The number of hydrogen-bond donors (Lipinski definition) is 0. The lowest BCUT2D eigenvalue weighted by Crippen LogP contribution is -2.18. The van der Waals surface area contributed by atoms with E-state index in [0.29, 0.717) is 13.0 Å². The van der Waals surface area contributed by atoms with Crippen LogP contribution in [0.1, 0.15) is 24.0 Å². The molecule has 4 aromatic rings. The van der Waals surface area contributed by atoms with Crippen LogP contribution in [0.25, 0.3) is 22.1 Å². The summed E-state index contributed by atoms with van der Waals surface area (Å²) in [5, 5.41) is 0. The first-order chi connectivity index (χ1) is 12.2. The van der Waals surface area contributed by atoms with Crippen LogP contribution in [0.2, 0.25) is 0 Å². The molecular formula is C17H14N4O2S2. The van der Waals surface area contributed by atoms with E-state index in [1.54, 1.807) is 0 Å². The second-order valence-electron chi connectivity index (χ2n) is 5.61. The summed E-state index contributed by atoms with van der Waals surface area (Å²) in [5.74, 6) is -0.628. The van der Waals surface area contributed by atoms with Crippen molar-refractivity contribution in [1.82, 2.24) is 17.5 Å². The second-order valence-corrected chi connectivity index (χ2v) is 6.67. The number of esters is 1. The number of rotatable bonds is 5. The third kappa shape index (κ3) is 3.22. The Hall–Kier alpha value is -2.45. The monoisotopic (exact) mass is 370 g/mol. The standard InChI is InChI=1S/C17H14N4O2S2/c1-2-23-17(22)12(11-4-6-14-16(9-11)21-25-19-14)7-10-3-5-13-15(8-10)20-24-18-13/h3-6,8-9,12H,2,7H2,1H3. The molecule has 0 saturated carbocycles. The number of aromatic nitrogens is 4. The first-order valence-corrected chi connectivity index (χ1v) is 9.30. The molecule has 6 nitrogen and oxygen atoms in total. The number of nitrogens with zero attached hydrogens (tertiary/aromatic N) is 4. The SMILES string of the molecule is CCOC(=O)C(Cc1ccc2nsnc2c1)c1ccc2nsnc2c1. The molecule has 0 aliphatic carbocycles. The van der Waals surface area contributed by atoms with Gasteiger partial charge in [-0.05, 0) is 48.7 Å². The Balaban J connectivity index is 1.70. The average molecular weight is 370 g/mol. The zero-order valence-corrected chi connectivity index (χ0v) is 15.0. The minimum absolute atomic E-state index is 0.235. The van der Waals surface area contributed by atoms with Gasteiger partial charge in [0.2, 0.25) is 0 Å². The topological polar surface area (TPSA) is 77.9 Å². The highest BCUT2D eigenvalue weighted by Crippen LogP contribution is 2.27. The molecule has 25 heavy (non-hydrogen) atoms. The fraction of sp³-hybridized carbons (Fsp3) is 0.235. The molecule has 1 atom stereocenters. The Morgan fingerprint density at radius 3 is 2.32 bits per heavy atom. The zero-order valence-electron chi connectivity index (χ0n) is 13.4. The molecular weight excluding hydrogens is 356 g/mol. The molecule has 0 N–H and O–H groups in total. The van der Waals surface area contributed by atoms with Crippen molar-refractivity contribution in [2.24, 2.45) is 0 Å². The summed E-state index contributed by atoms with van der Waals surface area (Å²) < 4.78 is 22.3.